The second-order valence-corrected chi connectivity index (χ2v) is 14.8. The van der Waals surface area contributed by atoms with Crippen molar-refractivity contribution >= 4 is 38.4 Å². The topological polar surface area (TPSA) is 131 Å². The lowest BCUT2D eigenvalue weighted by molar-refractivity contribution is -0.274. The van der Waals surface area contributed by atoms with Gasteiger partial charge >= 0.3 is 12.3 Å². The van der Waals surface area contributed by atoms with Crippen molar-refractivity contribution < 1.29 is 40.7 Å². The summed E-state index contributed by atoms with van der Waals surface area (Å²) < 4.78 is 75.9. The average Bonchev–Trinajstić information content (AvgIpc) is 3.36. The number of pyridine rings is 1. The predicted octanol–water partition coefficient (Wildman–Crippen LogP) is 5.02. The van der Waals surface area contributed by atoms with E-state index in [1.165, 1.54) is 0 Å². The lowest BCUT2D eigenvalue weighted by Crippen LogP contribution is -2.60. The molecule has 0 aliphatic carbocycles. The molecule has 3 heterocycles. The van der Waals surface area contributed by atoms with Crippen LogP contribution < -0.4 is 15.0 Å². The number of sulfonamides is 1. The molecule has 2 aromatic heterocycles. The van der Waals surface area contributed by atoms with Gasteiger partial charge in [-0.15, -0.1) is 13.2 Å². The molecule has 1 aliphatic rings. The van der Waals surface area contributed by atoms with Crippen LogP contribution in [0.2, 0.25) is 0 Å². The zero-order chi connectivity index (χ0) is 34.0. The second-order valence-electron chi connectivity index (χ2n) is 12.0. The molecule has 0 saturated carbocycles. The minimum atomic E-state index is -4.94. The number of nitrogens with zero attached hydrogens (tertiary/aromatic N) is 4. The molecule has 1 aliphatic heterocycles. The Morgan fingerprint density at radius 2 is 1.76 bits per heavy atom. The highest BCUT2D eigenvalue weighted by atomic mass is 32.2. The van der Waals surface area contributed by atoms with Gasteiger partial charge in [-0.25, -0.2) is 18.2 Å². The number of esters is 1. The van der Waals surface area contributed by atoms with E-state index in [4.69, 9.17) is 4.74 Å². The fourth-order valence-corrected chi connectivity index (χ4v) is 7.16. The number of alkyl halides is 3. The summed E-state index contributed by atoms with van der Waals surface area (Å²) in [6.45, 7) is 10.9. The number of thiazole rings is 1. The number of anilines is 1. The van der Waals surface area contributed by atoms with Crippen LogP contribution in [0.3, 0.4) is 0 Å². The van der Waals surface area contributed by atoms with E-state index in [1.807, 2.05) is 26.0 Å². The van der Waals surface area contributed by atoms with Crippen LogP contribution in [0.25, 0.3) is 0 Å². The molecular formula is C30H36F3N5O6S2. The smallest absolute Gasteiger partial charge is 0.456 e. The maximum atomic E-state index is 13.8. The number of ether oxygens (including phenoxy) is 2. The number of benzene rings is 1. The fourth-order valence-electron chi connectivity index (χ4n) is 4.61. The second kappa shape index (κ2) is 13.5. The number of carbonyl (C=O) groups is 2. The molecule has 16 heteroatoms. The molecule has 0 spiro atoms. The van der Waals surface area contributed by atoms with Crippen molar-refractivity contribution in [2.45, 2.75) is 76.9 Å². The Kier molecular flexibility index (Phi) is 10.3. The Balaban J connectivity index is 1.60. The summed E-state index contributed by atoms with van der Waals surface area (Å²) in [4.78, 5) is 37.0. The van der Waals surface area contributed by atoms with E-state index in [-0.39, 0.29) is 37.0 Å². The van der Waals surface area contributed by atoms with Crippen LogP contribution in [0.4, 0.5) is 18.3 Å². The standard InChI is InChI=1S/C30H36F3N5O6S2/c1-18(2)23-12-7-20(15-34-23)16-35-26(39)24-17-37(28-36-19(3)25(45-28)27(40)44-29(4,5)6)13-14-38(24)46(41,42)22-10-8-21(9-11-22)43-30(31,32)33/h7-12,15,18,24H,13-14,16-17H2,1-6H3,(H,35,39)/t24-/m1/s1. The first-order valence-electron chi connectivity index (χ1n) is 14.4. The SMILES string of the molecule is Cc1nc(N2CCN(S(=O)(=O)c3ccc(OC(F)(F)F)cc3)[C@@H](C(=O)NCc3ccc(C(C)C)nc3)C2)sc1C(=O)OC(C)(C)C. The molecule has 1 atom stereocenters. The number of piperazine rings is 1. The number of carbonyl (C=O) groups excluding carboxylic acids is 2. The lowest BCUT2D eigenvalue weighted by atomic mass is 10.1. The van der Waals surface area contributed by atoms with Gasteiger partial charge in [0.1, 0.15) is 22.3 Å². The number of rotatable bonds is 9. The van der Waals surface area contributed by atoms with Crippen LogP contribution in [-0.4, -0.2) is 72.2 Å². The molecule has 0 unspecified atom stereocenters. The summed E-state index contributed by atoms with van der Waals surface area (Å²) in [5, 5.41) is 3.20. The number of nitrogens with one attached hydrogen (secondary N) is 1. The van der Waals surface area contributed by atoms with Crippen molar-refractivity contribution in [1.29, 1.82) is 0 Å². The van der Waals surface area contributed by atoms with Crippen LogP contribution in [0, 0.1) is 6.92 Å². The van der Waals surface area contributed by atoms with Crippen molar-refractivity contribution in [2.75, 3.05) is 24.5 Å². The minimum Gasteiger partial charge on any atom is -0.456 e. The van der Waals surface area contributed by atoms with E-state index in [9.17, 15) is 31.2 Å². The van der Waals surface area contributed by atoms with E-state index in [2.05, 4.69) is 20.0 Å². The molecule has 1 amide bonds. The Labute approximate surface area is 269 Å². The fraction of sp³-hybridized carbons (Fsp3) is 0.467. The first kappa shape index (κ1) is 35.1. The average molecular weight is 684 g/mol. The molecule has 0 radical (unpaired) electrons. The van der Waals surface area contributed by atoms with Crippen LogP contribution >= 0.6 is 11.3 Å². The minimum absolute atomic E-state index is 0.0806. The van der Waals surface area contributed by atoms with Crippen LogP contribution in [0.1, 0.15) is 67.2 Å². The zero-order valence-corrected chi connectivity index (χ0v) is 27.8. The highest BCUT2D eigenvalue weighted by Gasteiger charge is 2.41. The highest BCUT2D eigenvalue weighted by molar-refractivity contribution is 7.89. The number of hydrogen-bond donors (Lipinski definition) is 1. The van der Waals surface area contributed by atoms with Gasteiger partial charge in [-0.3, -0.25) is 9.78 Å². The van der Waals surface area contributed by atoms with Crippen molar-refractivity contribution in [3.8, 4) is 5.75 Å². The molecule has 1 saturated heterocycles. The summed E-state index contributed by atoms with van der Waals surface area (Å²) >= 11 is 1.08. The van der Waals surface area contributed by atoms with Crippen molar-refractivity contribution in [3.05, 3.63) is 64.4 Å². The number of halogens is 3. The monoisotopic (exact) mass is 683 g/mol. The van der Waals surface area contributed by atoms with Crippen LogP contribution in [0.15, 0.2) is 47.5 Å². The molecule has 11 nitrogen and oxygen atoms in total. The summed E-state index contributed by atoms with van der Waals surface area (Å²) in [5.41, 5.74) is 1.30. The van der Waals surface area contributed by atoms with E-state index < -0.39 is 45.7 Å². The Morgan fingerprint density at radius 3 is 2.33 bits per heavy atom. The zero-order valence-electron chi connectivity index (χ0n) is 26.2. The Hall–Kier alpha value is -3.76. The molecule has 1 N–H and O–H groups in total. The summed E-state index contributed by atoms with van der Waals surface area (Å²) in [6, 6.07) is 6.22. The van der Waals surface area contributed by atoms with Gasteiger partial charge in [-0.05, 0) is 69.5 Å². The molecule has 1 aromatic carbocycles. The number of amides is 1. The van der Waals surface area contributed by atoms with Gasteiger partial charge in [0.05, 0.1) is 10.6 Å². The predicted molar refractivity (Wildman–Crippen MR) is 165 cm³/mol. The van der Waals surface area contributed by atoms with Crippen LogP contribution in [-0.2, 0) is 26.1 Å². The maximum Gasteiger partial charge on any atom is 0.573 e. The molecule has 0 bridgehead atoms. The number of aryl methyl sites for hydroxylation is 1. The van der Waals surface area contributed by atoms with Gasteiger partial charge in [0.2, 0.25) is 15.9 Å². The van der Waals surface area contributed by atoms with Gasteiger partial charge in [0.25, 0.3) is 0 Å². The third-order valence-corrected chi connectivity index (χ3v) is 9.96. The summed E-state index contributed by atoms with van der Waals surface area (Å²) in [7, 11) is -4.35. The van der Waals surface area contributed by atoms with E-state index >= 15 is 0 Å². The van der Waals surface area contributed by atoms with E-state index in [0.717, 1.165) is 45.6 Å². The molecule has 3 aromatic rings. The third kappa shape index (κ3) is 8.73. The van der Waals surface area contributed by atoms with Gasteiger partial charge in [0.15, 0.2) is 5.13 Å². The third-order valence-electron chi connectivity index (χ3n) is 6.84. The van der Waals surface area contributed by atoms with Crippen molar-refractivity contribution in [1.82, 2.24) is 19.6 Å². The van der Waals surface area contributed by atoms with Gasteiger partial charge < -0.3 is 19.7 Å². The van der Waals surface area contributed by atoms with E-state index in [1.54, 1.807) is 38.8 Å². The van der Waals surface area contributed by atoms with Crippen molar-refractivity contribution in [3.63, 3.8) is 0 Å². The quantitative estimate of drug-likeness (QED) is 0.309. The normalized spacial score (nSPS) is 16.4. The Morgan fingerprint density at radius 1 is 1.09 bits per heavy atom. The van der Waals surface area contributed by atoms with Gasteiger partial charge in [-0.2, -0.15) is 4.31 Å². The Bertz CT molecular complexity index is 1650. The summed E-state index contributed by atoms with van der Waals surface area (Å²) in [5.74, 6) is -1.50. The van der Waals surface area contributed by atoms with Crippen molar-refractivity contribution in [2.24, 2.45) is 0 Å². The lowest BCUT2D eigenvalue weighted by Gasteiger charge is -2.39. The molecule has 4 rings (SSSR count). The first-order valence-corrected chi connectivity index (χ1v) is 16.7. The van der Waals surface area contributed by atoms with Gasteiger partial charge in [-0.1, -0.05) is 31.3 Å². The highest BCUT2D eigenvalue weighted by Crippen LogP contribution is 2.32. The molecular weight excluding hydrogens is 647 g/mol. The molecule has 1 fully saturated rings. The number of aromatic nitrogens is 2. The molecule has 46 heavy (non-hydrogen) atoms. The summed E-state index contributed by atoms with van der Waals surface area (Å²) in [6.07, 6.45) is -3.31. The maximum absolute atomic E-state index is 13.8. The van der Waals surface area contributed by atoms with Crippen LogP contribution in [0.5, 0.6) is 5.75 Å². The number of hydrogen-bond acceptors (Lipinski definition) is 10. The van der Waals surface area contributed by atoms with E-state index in [0.29, 0.717) is 21.3 Å². The largest absolute Gasteiger partial charge is 0.573 e. The molecule has 250 valence electrons. The first-order chi connectivity index (χ1) is 21.3. The van der Waals surface area contributed by atoms with Gasteiger partial charge in [0, 0.05) is 38.1 Å².